The SMILES string of the molecule is COC(=O)[C@@H]1[C@H]2C=C[C@H](C2)[C@]1(C(=O)OC)[C@H](C(=O)c1ccccc1)c1ccccc1. The summed E-state index contributed by atoms with van der Waals surface area (Å²) in [6, 6.07) is 18.1. The van der Waals surface area contributed by atoms with Gasteiger partial charge in [-0.3, -0.25) is 14.4 Å². The number of Topliss-reactive ketones (excluding diaryl/α,β-unsaturated/α-hetero) is 1. The minimum absolute atomic E-state index is 0.170. The van der Waals surface area contributed by atoms with Crippen LogP contribution in [0.4, 0.5) is 0 Å². The lowest BCUT2D eigenvalue weighted by molar-refractivity contribution is -0.169. The zero-order valence-electron chi connectivity index (χ0n) is 17.0. The lowest BCUT2D eigenvalue weighted by Gasteiger charge is -2.43. The molecule has 0 spiro atoms. The van der Waals surface area contributed by atoms with Gasteiger partial charge in [0.05, 0.1) is 26.1 Å². The Morgan fingerprint density at radius 2 is 1.53 bits per heavy atom. The van der Waals surface area contributed by atoms with Crippen molar-refractivity contribution in [3.63, 3.8) is 0 Å². The summed E-state index contributed by atoms with van der Waals surface area (Å²) in [6.45, 7) is 0. The van der Waals surface area contributed by atoms with Crippen LogP contribution in [0.2, 0.25) is 0 Å². The van der Waals surface area contributed by atoms with Crippen LogP contribution >= 0.6 is 0 Å². The third-order valence-electron chi connectivity index (χ3n) is 6.60. The Hall–Kier alpha value is -3.21. The lowest BCUT2D eigenvalue weighted by Crippen LogP contribution is -2.52. The maximum atomic E-state index is 13.9. The third-order valence-corrected chi connectivity index (χ3v) is 6.60. The van der Waals surface area contributed by atoms with E-state index in [-0.39, 0.29) is 17.6 Å². The van der Waals surface area contributed by atoms with Crippen LogP contribution in [-0.4, -0.2) is 31.9 Å². The molecule has 0 saturated heterocycles. The standard InChI is InChI=1S/C25H24O5/c1-29-23(27)21-18-13-14-19(15-18)25(21,24(28)30-2)20(16-9-5-3-6-10-16)22(26)17-11-7-4-8-12-17/h3-14,18-21H,15H2,1-2H3/t18-,19+,20-,21-,25-/m0/s1. The van der Waals surface area contributed by atoms with E-state index in [0.717, 1.165) is 0 Å². The summed E-state index contributed by atoms with van der Waals surface area (Å²) >= 11 is 0. The number of methoxy groups -OCH3 is 2. The molecule has 5 nitrogen and oxygen atoms in total. The molecule has 5 heteroatoms. The lowest BCUT2D eigenvalue weighted by atomic mass is 9.57. The fraction of sp³-hybridized carbons (Fsp3) is 0.320. The Labute approximate surface area is 175 Å². The van der Waals surface area contributed by atoms with Gasteiger partial charge < -0.3 is 9.47 Å². The molecule has 1 fully saturated rings. The summed E-state index contributed by atoms with van der Waals surface area (Å²) in [5.74, 6) is -3.37. The number of carbonyl (C=O) groups is 3. The molecule has 0 aliphatic heterocycles. The van der Waals surface area contributed by atoms with Crippen LogP contribution in [0, 0.1) is 23.2 Å². The van der Waals surface area contributed by atoms with E-state index in [1.54, 1.807) is 24.3 Å². The number of ether oxygens (including phenoxy) is 2. The highest BCUT2D eigenvalue weighted by molar-refractivity contribution is 6.06. The molecule has 5 atom stereocenters. The summed E-state index contributed by atoms with van der Waals surface area (Å²) in [4.78, 5) is 40.4. The molecule has 0 radical (unpaired) electrons. The molecule has 0 aromatic heterocycles. The quantitative estimate of drug-likeness (QED) is 0.416. The molecular weight excluding hydrogens is 380 g/mol. The van der Waals surface area contributed by atoms with Crippen LogP contribution in [0.1, 0.15) is 28.3 Å². The van der Waals surface area contributed by atoms with Crippen LogP contribution in [0.3, 0.4) is 0 Å². The molecule has 30 heavy (non-hydrogen) atoms. The molecule has 1 saturated carbocycles. The fourth-order valence-corrected chi connectivity index (χ4v) is 5.44. The van der Waals surface area contributed by atoms with Crippen molar-refractivity contribution >= 4 is 17.7 Å². The van der Waals surface area contributed by atoms with Gasteiger partial charge in [0.1, 0.15) is 5.41 Å². The number of benzene rings is 2. The summed E-state index contributed by atoms with van der Waals surface area (Å²) in [6.07, 6.45) is 4.53. The highest BCUT2D eigenvalue weighted by Crippen LogP contribution is 2.63. The maximum absolute atomic E-state index is 13.9. The van der Waals surface area contributed by atoms with Crippen molar-refractivity contribution in [2.75, 3.05) is 14.2 Å². The third kappa shape index (κ3) is 2.88. The van der Waals surface area contributed by atoms with Crippen LogP contribution < -0.4 is 0 Å². The van der Waals surface area contributed by atoms with Crippen molar-refractivity contribution in [3.05, 3.63) is 83.9 Å². The van der Waals surface area contributed by atoms with Gasteiger partial charge in [0, 0.05) is 5.56 Å². The zero-order valence-corrected chi connectivity index (χ0v) is 17.0. The van der Waals surface area contributed by atoms with Crippen molar-refractivity contribution in [2.24, 2.45) is 23.2 Å². The number of esters is 2. The predicted molar refractivity (Wildman–Crippen MR) is 111 cm³/mol. The van der Waals surface area contributed by atoms with Gasteiger partial charge in [-0.1, -0.05) is 72.8 Å². The van der Waals surface area contributed by atoms with Crippen molar-refractivity contribution in [3.8, 4) is 0 Å². The highest BCUT2D eigenvalue weighted by Gasteiger charge is 2.69. The Bertz CT molecular complexity index is 981. The van der Waals surface area contributed by atoms with Gasteiger partial charge in [0.25, 0.3) is 0 Å². The molecule has 0 heterocycles. The average molecular weight is 404 g/mol. The minimum Gasteiger partial charge on any atom is -0.469 e. The van der Waals surface area contributed by atoms with Crippen LogP contribution in [0.15, 0.2) is 72.8 Å². The Morgan fingerprint density at radius 3 is 2.13 bits per heavy atom. The van der Waals surface area contributed by atoms with Gasteiger partial charge in [-0.15, -0.1) is 0 Å². The summed E-state index contributed by atoms with van der Waals surface area (Å²) in [5, 5.41) is 0. The molecular formula is C25H24O5. The van der Waals surface area contributed by atoms with Gasteiger partial charge in [0.2, 0.25) is 0 Å². The second-order valence-corrected chi connectivity index (χ2v) is 7.89. The van der Waals surface area contributed by atoms with Gasteiger partial charge in [-0.05, 0) is 23.8 Å². The van der Waals surface area contributed by atoms with Crippen molar-refractivity contribution in [1.29, 1.82) is 0 Å². The summed E-state index contributed by atoms with van der Waals surface area (Å²) < 4.78 is 10.4. The summed E-state index contributed by atoms with van der Waals surface area (Å²) in [5.41, 5.74) is -0.188. The van der Waals surface area contributed by atoms with E-state index in [1.807, 2.05) is 48.6 Å². The topological polar surface area (TPSA) is 69.7 Å². The molecule has 0 N–H and O–H groups in total. The van der Waals surface area contributed by atoms with E-state index in [0.29, 0.717) is 17.5 Å². The van der Waals surface area contributed by atoms with Gasteiger partial charge in [-0.25, -0.2) is 0 Å². The van der Waals surface area contributed by atoms with E-state index in [1.165, 1.54) is 14.2 Å². The van der Waals surface area contributed by atoms with Crippen LogP contribution in [0.5, 0.6) is 0 Å². The number of hydrogen-bond acceptors (Lipinski definition) is 5. The van der Waals surface area contributed by atoms with E-state index >= 15 is 0 Å². The first-order chi connectivity index (χ1) is 14.6. The van der Waals surface area contributed by atoms with Crippen LogP contribution in [-0.2, 0) is 19.1 Å². The molecule has 2 aliphatic rings. The smallest absolute Gasteiger partial charge is 0.314 e. The van der Waals surface area contributed by atoms with Gasteiger partial charge >= 0.3 is 11.9 Å². The molecule has 0 amide bonds. The largest absolute Gasteiger partial charge is 0.469 e. The second kappa shape index (κ2) is 7.90. The first-order valence-electron chi connectivity index (χ1n) is 10.0. The van der Waals surface area contributed by atoms with E-state index in [4.69, 9.17) is 9.47 Å². The molecule has 0 unspecified atom stereocenters. The first-order valence-corrected chi connectivity index (χ1v) is 10.0. The minimum atomic E-state index is -1.37. The first kappa shape index (κ1) is 20.1. The van der Waals surface area contributed by atoms with Gasteiger partial charge in [-0.2, -0.15) is 0 Å². The van der Waals surface area contributed by atoms with E-state index in [9.17, 15) is 14.4 Å². The normalized spacial score (nSPS) is 27.5. The van der Waals surface area contributed by atoms with Crippen LogP contribution in [0.25, 0.3) is 0 Å². The van der Waals surface area contributed by atoms with Crippen molar-refractivity contribution in [2.45, 2.75) is 12.3 Å². The summed E-state index contributed by atoms with van der Waals surface area (Å²) in [7, 11) is 2.62. The molecule has 2 aliphatic carbocycles. The number of carbonyl (C=O) groups excluding carboxylic acids is 3. The molecule has 2 bridgehead atoms. The Morgan fingerprint density at radius 1 is 0.900 bits per heavy atom. The van der Waals surface area contributed by atoms with E-state index in [2.05, 4.69) is 0 Å². The molecule has 2 aromatic carbocycles. The zero-order chi connectivity index (χ0) is 21.3. The van der Waals surface area contributed by atoms with Crippen molar-refractivity contribution < 1.29 is 23.9 Å². The number of fused-ring (bicyclic) bond motifs is 2. The molecule has 4 rings (SSSR count). The number of rotatable bonds is 6. The average Bonchev–Trinajstić information content (AvgIpc) is 3.40. The predicted octanol–water partition coefficient (Wildman–Crippen LogP) is 3.81. The van der Waals surface area contributed by atoms with E-state index < -0.39 is 29.2 Å². The maximum Gasteiger partial charge on any atom is 0.314 e. The monoisotopic (exact) mass is 404 g/mol. The van der Waals surface area contributed by atoms with Gasteiger partial charge in [0.15, 0.2) is 5.78 Å². The second-order valence-electron chi connectivity index (χ2n) is 7.89. The Kier molecular flexibility index (Phi) is 5.29. The fourth-order valence-electron chi connectivity index (χ4n) is 5.44. The number of ketones is 1. The number of allylic oxidation sites excluding steroid dienone is 2. The van der Waals surface area contributed by atoms with Crippen molar-refractivity contribution in [1.82, 2.24) is 0 Å². The number of hydrogen-bond donors (Lipinski definition) is 0. The highest BCUT2D eigenvalue weighted by atomic mass is 16.5. The molecule has 154 valence electrons. The Balaban J connectivity index is 1.98. The molecule has 2 aromatic rings.